The Bertz CT molecular complexity index is 645. The highest BCUT2D eigenvalue weighted by Gasteiger charge is 2.33. The molecule has 19 heavy (non-hydrogen) atoms. The molecule has 1 aliphatic carbocycles. The third-order valence-corrected chi connectivity index (χ3v) is 5.13. The fourth-order valence-corrected chi connectivity index (χ4v) is 4.28. The van der Waals surface area contributed by atoms with E-state index < -0.39 is 5.60 Å². The van der Waals surface area contributed by atoms with Crippen molar-refractivity contribution in [1.29, 1.82) is 0 Å². The largest absolute Gasteiger partial charge is 0.388 e. The predicted octanol–water partition coefficient (Wildman–Crippen LogP) is 3.00. The maximum Gasteiger partial charge on any atom is 0.268 e. The third-order valence-electron chi connectivity index (χ3n) is 4.06. The Morgan fingerprint density at radius 2 is 2.26 bits per heavy atom. The first kappa shape index (κ1) is 12.9. The van der Waals surface area contributed by atoms with Gasteiger partial charge in [0.25, 0.3) is 5.56 Å². The summed E-state index contributed by atoms with van der Waals surface area (Å²) in [6.45, 7) is 2.62. The summed E-state index contributed by atoms with van der Waals surface area (Å²) >= 11 is 1.46. The van der Waals surface area contributed by atoms with Gasteiger partial charge >= 0.3 is 0 Å². The van der Waals surface area contributed by atoms with E-state index in [-0.39, 0.29) is 5.56 Å². The molecule has 3 nitrogen and oxygen atoms in total. The number of rotatable bonds is 2. The second-order valence-electron chi connectivity index (χ2n) is 5.86. The molecule has 0 radical (unpaired) electrons. The van der Waals surface area contributed by atoms with E-state index in [4.69, 9.17) is 0 Å². The van der Waals surface area contributed by atoms with Crippen molar-refractivity contribution in [3.63, 3.8) is 0 Å². The Morgan fingerprint density at radius 3 is 3.00 bits per heavy atom. The molecule has 2 aromatic rings. The van der Waals surface area contributed by atoms with Crippen LogP contribution in [-0.4, -0.2) is 14.7 Å². The summed E-state index contributed by atoms with van der Waals surface area (Å²) < 4.78 is 2.72. The molecule has 3 rings (SSSR count). The zero-order valence-corrected chi connectivity index (χ0v) is 11.9. The molecule has 2 unspecified atom stereocenters. The summed E-state index contributed by atoms with van der Waals surface area (Å²) in [5.74, 6) is 0.545. The van der Waals surface area contributed by atoms with Crippen molar-refractivity contribution in [2.24, 2.45) is 5.92 Å². The van der Waals surface area contributed by atoms with Crippen LogP contribution in [-0.2, 0) is 6.54 Å². The Morgan fingerprint density at radius 1 is 1.47 bits per heavy atom. The standard InChI is InChI=1S/C15H19NO2S/c1-11-5-4-8-15(18,9-11)10-16-14(17)12-6-2-3-7-13(12)19-16/h2-3,6-7,11,18H,4-5,8-10H2,1H3. The fourth-order valence-electron chi connectivity index (χ4n) is 3.16. The minimum absolute atomic E-state index is 0.0345. The lowest BCUT2D eigenvalue weighted by molar-refractivity contribution is -0.0255. The second kappa shape index (κ2) is 4.76. The van der Waals surface area contributed by atoms with Crippen molar-refractivity contribution in [3.8, 4) is 0 Å². The van der Waals surface area contributed by atoms with Crippen LogP contribution >= 0.6 is 11.5 Å². The van der Waals surface area contributed by atoms with Gasteiger partial charge in [-0.15, -0.1) is 0 Å². The van der Waals surface area contributed by atoms with Gasteiger partial charge in [-0.05, 0) is 30.9 Å². The lowest BCUT2D eigenvalue weighted by Crippen LogP contribution is -2.40. The van der Waals surface area contributed by atoms with Crippen molar-refractivity contribution in [2.45, 2.75) is 44.8 Å². The van der Waals surface area contributed by atoms with Gasteiger partial charge in [-0.2, -0.15) is 0 Å². The molecule has 0 saturated heterocycles. The van der Waals surface area contributed by atoms with Gasteiger partial charge in [-0.3, -0.25) is 8.75 Å². The zero-order chi connectivity index (χ0) is 13.5. The molecule has 0 bridgehead atoms. The fraction of sp³-hybridized carbons (Fsp3) is 0.533. The maximum absolute atomic E-state index is 12.3. The first-order chi connectivity index (χ1) is 9.07. The minimum atomic E-state index is -0.706. The number of benzene rings is 1. The summed E-state index contributed by atoms with van der Waals surface area (Å²) in [4.78, 5) is 12.3. The number of hydrogen-bond donors (Lipinski definition) is 1. The number of hydrogen-bond acceptors (Lipinski definition) is 3. The van der Waals surface area contributed by atoms with Crippen LogP contribution in [0.1, 0.15) is 32.6 Å². The molecule has 0 amide bonds. The van der Waals surface area contributed by atoms with Crippen LogP contribution in [0.3, 0.4) is 0 Å². The number of fused-ring (bicyclic) bond motifs is 1. The molecule has 102 valence electrons. The first-order valence-electron chi connectivity index (χ1n) is 6.89. The average Bonchev–Trinajstić information content (AvgIpc) is 2.66. The quantitative estimate of drug-likeness (QED) is 0.917. The highest BCUT2D eigenvalue weighted by atomic mass is 32.1. The Kier molecular flexibility index (Phi) is 3.23. The molecule has 0 spiro atoms. The molecule has 1 fully saturated rings. The van der Waals surface area contributed by atoms with E-state index in [1.54, 1.807) is 3.96 Å². The molecule has 1 saturated carbocycles. The van der Waals surface area contributed by atoms with Crippen LogP contribution < -0.4 is 5.56 Å². The van der Waals surface area contributed by atoms with Gasteiger partial charge in [0, 0.05) is 0 Å². The van der Waals surface area contributed by atoms with Gasteiger partial charge < -0.3 is 5.11 Å². The van der Waals surface area contributed by atoms with Crippen LogP contribution in [0, 0.1) is 5.92 Å². The smallest absolute Gasteiger partial charge is 0.268 e. The van der Waals surface area contributed by atoms with Crippen LogP contribution in [0.15, 0.2) is 29.1 Å². The molecule has 2 atom stereocenters. The van der Waals surface area contributed by atoms with Crippen molar-refractivity contribution in [3.05, 3.63) is 34.6 Å². The summed E-state index contributed by atoms with van der Waals surface area (Å²) in [6.07, 6.45) is 3.84. The molecule has 1 aromatic heterocycles. The third kappa shape index (κ3) is 2.47. The molecule has 1 N–H and O–H groups in total. The highest BCUT2D eigenvalue weighted by molar-refractivity contribution is 7.13. The first-order valence-corrected chi connectivity index (χ1v) is 7.66. The number of aliphatic hydroxyl groups is 1. The minimum Gasteiger partial charge on any atom is -0.388 e. The van der Waals surface area contributed by atoms with E-state index in [9.17, 15) is 9.90 Å². The Labute approximate surface area is 116 Å². The summed E-state index contributed by atoms with van der Waals surface area (Å²) in [5, 5.41) is 11.5. The van der Waals surface area contributed by atoms with Crippen LogP contribution in [0.2, 0.25) is 0 Å². The molecule has 0 aliphatic heterocycles. The average molecular weight is 277 g/mol. The lowest BCUT2D eigenvalue weighted by Gasteiger charge is -2.35. The zero-order valence-electron chi connectivity index (χ0n) is 11.1. The summed E-state index contributed by atoms with van der Waals surface area (Å²) in [7, 11) is 0. The van der Waals surface area contributed by atoms with Gasteiger partial charge in [0.05, 0.1) is 22.2 Å². The number of aromatic nitrogens is 1. The molecule has 1 heterocycles. The van der Waals surface area contributed by atoms with Gasteiger partial charge in [0.2, 0.25) is 0 Å². The Balaban J connectivity index is 1.93. The van der Waals surface area contributed by atoms with E-state index in [0.29, 0.717) is 12.5 Å². The van der Waals surface area contributed by atoms with Gasteiger partial charge in [0.15, 0.2) is 0 Å². The van der Waals surface area contributed by atoms with Crippen LogP contribution in [0.4, 0.5) is 0 Å². The van der Waals surface area contributed by atoms with E-state index in [1.165, 1.54) is 18.0 Å². The van der Waals surface area contributed by atoms with Gasteiger partial charge in [-0.1, -0.05) is 43.4 Å². The van der Waals surface area contributed by atoms with Gasteiger partial charge in [-0.25, -0.2) is 0 Å². The second-order valence-corrected chi connectivity index (χ2v) is 6.92. The van der Waals surface area contributed by atoms with Crippen molar-refractivity contribution in [2.75, 3.05) is 0 Å². The normalized spacial score (nSPS) is 27.8. The summed E-state index contributed by atoms with van der Waals surface area (Å²) in [5.41, 5.74) is -0.671. The molecule has 1 aromatic carbocycles. The van der Waals surface area contributed by atoms with Gasteiger partial charge in [0.1, 0.15) is 0 Å². The predicted molar refractivity (Wildman–Crippen MR) is 78.7 cm³/mol. The van der Waals surface area contributed by atoms with Crippen molar-refractivity contribution < 1.29 is 5.11 Å². The molecular weight excluding hydrogens is 258 g/mol. The topological polar surface area (TPSA) is 42.2 Å². The van der Waals surface area contributed by atoms with Crippen LogP contribution in [0.25, 0.3) is 10.1 Å². The molecule has 4 heteroatoms. The van der Waals surface area contributed by atoms with Crippen LogP contribution in [0.5, 0.6) is 0 Å². The van der Waals surface area contributed by atoms with Crippen molar-refractivity contribution in [1.82, 2.24) is 3.96 Å². The summed E-state index contributed by atoms with van der Waals surface area (Å²) in [6, 6.07) is 7.65. The van der Waals surface area contributed by atoms with E-state index in [1.807, 2.05) is 24.3 Å². The van der Waals surface area contributed by atoms with E-state index in [0.717, 1.165) is 29.3 Å². The van der Waals surface area contributed by atoms with Crippen molar-refractivity contribution >= 4 is 21.6 Å². The SMILES string of the molecule is CC1CCCC(O)(Cn2sc3ccccc3c2=O)C1. The van der Waals surface area contributed by atoms with E-state index in [2.05, 4.69) is 6.92 Å². The molecular formula is C15H19NO2S. The highest BCUT2D eigenvalue weighted by Crippen LogP contribution is 2.33. The van der Waals surface area contributed by atoms with E-state index >= 15 is 0 Å². The lowest BCUT2D eigenvalue weighted by atomic mass is 9.79. The number of nitrogens with zero attached hydrogens (tertiary/aromatic N) is 1. The monoisotopic (exact) mass is 277 g/mol. The molecule has 1 aliphatic rings. The Hall–Kier alpha value is -1.13. The maximum atomic E-state index is 12.3.